The molecule has 2 aliphatic rings. The van der Waals surface area contributed by atoms with Crippen molar-refractivity contribution in [3.8, 4) is 0 Å². The summed E-state index contributed by atoms with van der Waals surface area (Å²) in [7, 11) is 0. The number of hydrogen-bond acceptors (Lipinski definition) is 7. The minimum Gasteiger partial charge on any atom is -0.427 e. The molecule has 0 aliphatic carbocycles. The highest BCUT2D eigenvalue weighted by Gasteiger charge is 2.20. The molecule has 0 atom stereocenters. The smallest absolute Gasteiger partial charge is 0.337 e. The van der Waals surface area contributed by atoms with Gasteiger partial charge in [0.25, 0.3) is 0 Å². The average Bonchev–Trinajstić information content (AvgIpc) is 2.81. The van der Waals surface area contributed by atoms with Crippen LogP contribution in [0.4, 0.5) is 15.9 Å². The summed E-state index contributed by atoms with van der Waals surface area (Å²) in [5, 5.41) is 8.65. The monoisotopic (exact) mass is 473 g/mol. The fraction of sp³-hybridized carbons (Fsp3) is 0.417. The van der Waals surface area contributed by atoms with Gasteiger partial charge in [-0.15, -0.1) is 12.4 Å². The molecule has 7 nitrogen and oxygen atoms in total. The van der Waals surface area contributed by atoms with Gasteiger partial charge < -0.3 is 20.0 Å². The van der Waals surface area contributed by atoms with Gasteiger partial charge in [-0.2, -0.15) is 0 Å². The minimum atomic E-state index is -0.286. The Balaban J connectivity index is 0.00000259. The second kappa shape index (κ2) is 10.5. The van der Waals surface area contributed by atoms with Crippen LogP contribution in [0.5, 0.6) is 0 Å². The molecule has 1 saturated heterocycles. The van der Waals surface area contributed by atoms with Gasteiger partial charge in [0.15, 0.2) is 0 Å². The van der Waals surface area contributed by atoms with Crippen molar-refractivity contribution in [3.05, 3.63) is 64.1 Å². The number of fused-ring (bicyclic) bond motifs is 2. The van der Waals surface area contributed by atoms with Crippen molar-refractivity contribution in [2.75, 3.05) is 56.0 Å². The number of piperazine rings is 1. The van der Waals surface area contributed by atoms with Gasteiger partial charge in [-0.25, -0.2) is 14.2 Å². The third-order valence-electron chi connectivity index (χ3n) is 6.32. The highest BCUT2D eigenvalue weighted by Crippen LogP contribution is 2.26. The molecule has 5 rings (SSSR count). The Morgan fingerprint density at radius 1 is 1.15 bits per heavy atom. The van der Waals surface area contributed by atoms with Gasteiger partial charge in [0.1, 0.15) is 17.4 Å². The predicted octanol–water partition coefficient (Wildman–Crippen LogP) is 3.02. The van der Waals surface area contributed by atoms with Gasteiger partial charge in [0.05, 0.1) is 0 Å². The summed E-state index contributed by atoms with van der Waals surface area (Å²) in [6.07, 6.45) is 3.54. The number of anilines is 2. The van der Waals surface area contributed by atoms with Gasteiger partial charge >= 0.3 is 5.63 Å². The Bertz CT molecular complexity index is 1160. The van der Waals surface area contributed by atoms with Crippen molar-refractivity contribution in [3.63, 3.8) is 0 Å². The molecule has 2 aromatic heterocycles. The molecule has 4 heterocycles. The summed E-state index contributed by atoms with van der Waals surface area (Å²) in [6, 6.07) is 8.36. The van der Waals surface area contributed by atoms with Crippen molar-refractivity contribution in [1.29, 1.82) is 0 Å². The summed E-state index contributed by atoms with van der Waals surface area (Å²) in [6.45, 7) is 7.00. The van der Waals surface area contributed by atoms with Gasteiger partial charge in [-0.3, -0.25) is 4.90 Å². The second-order valence-electron chi connectivity index (χ2n) is 8.42. The maximum atomic E-state index is 13.8. The first-order valence-electron chi connectivity index (χ1n) is 11.3. The van der Waals surface area contributed by atoms with Crippen molar-refractivity contribution in [1.82, 2.24) is 15.2 Å². The number of benzene rings is 1. The molecule has 9 heteroatoms. The van der Waals surface area contributed by atoms with E-state index in [-0.39, 0.29) is 23.8 Å². The van der Waals surface area contributed by atoms with Crippen LogP contribution in [-0.4, -0.2) is 55.7 Å². The number of halogens is 2. The van der Waals surface area contributed by atoms with Crippen molar-refractivity contribution in [2.45, 2.75) is 19.4 Å². The molecule has 0 unspecified atom stereocenters. The molecule has 3 aromatic rings. The topological polar surface area (TPSA) is 73.6 Å². The summed E-state index contributed by atoms with van der Waals surface area (Å²) >= 11 is 0. The second-order valence-corrected chi connectivity index (χ2v) is 8.42. The molecule has 1 fully saturated rings. The highest BCUT2D eigenvalue weighted by molar-refractivity contribution is 5.92. The van der Waals surface area contributed by atoms with E-state index in [4.69, 9.17) is 4.42 Å². The predicted molar refractivity (Wildman–Crippen MR) is 131 cm³/mol. The van der Waals surface area contributed by atoms with Crippen LogP contribution >= 0.6 is 12.4 Å². The zero-order valence-corrected chi connectivity index (χ0v) is 19.3. The third-order valence-corrected chi connectivity index (χ3v) is 6.32. The molecule has 0 saturated carbocycles. The van der Waals surface area contributed by atoms with Gasteiger partial charge in [-0.05, 0) is 36.6 Å². The zero-order valence-electron chi connectivity index (χ0n) is 18.5. The van der Waals surface area contributed by atoms with Crippen LogP contribution in [0, 0.1) is 5.82 Å². The van der Waals surface area contributed by atoms with E-state index in [1.165, 1.54) is 6.07 Å². The van der Waals surface area contributed by atoms with Crippen molar-refractivity contribution < 1.29 is 8.81 Å². The van der Waals surface area contributed by atoms with Crippen LogP contribution in [0.15, 0.2) is 45.7 Å². The third kappa shape index (κ3) is 5.29. The fourth-order valence-electron chi connectivity index (χ4n) is 4.62. The minimum absolute atomic E-state index is 0. The lowest BCUT2D eigenvalue weighted by Gasteiger charge is -2.36. The Kier molecular flexibility index (Phi) is 7.47. The van der Waals surface area contributed by atoms with E-state index in [2.05, 4.69) is 25.4 Å². The van der Waals surface area contributed by atoms with Gasteiger partial charge in [-0.1, -0.05) is 6.07 Å². The molecular formula is C24H29ClFN5O2. The standard InChI is InChI=1S/C24H28FN5O2.ClH/c25-18-3-2-17-4-8-28-24(19(17)14-18)30-12-10-29(11-13-30)9-1-6-27-21-15-23(31)32-22-5-7-26-16-20(21)22;/h2-4,8,14-15,26-27H,1,5-7,9-13,16H2;1H. The largest absolute Gasteiger partial charge is 0.427 e. The van der Waals surface area contributed by atoms with Crippen molar-refractivity contribution >= 4 is 34.7 Å². The summed E-state index contributed by atoms with van der Waals surface area (Å²) < 4.78 is 19.1. The molecule has 0 spiro atoms. The lowest BCUT2D eigenvalue weighted by atomic mass is 10.1. The Hall–Kier alpha value is -2.68. The van der Waals surface area contributed by atoms with E-state index >= 15 is 0 Å². The van der Waals surface area contributed by atoms with E-state index in [9.17, 15) is 9.18 Å². The number of aromatic nitrogens is 1. The molecule has 2 aliphatic heterocycles. The molecule has 0 radical (unpaired) electrons. The Labute approximate surface area is 198 Å². The number of hydrogen-bond donors (Lipinski definition) is 2. The van der Waals surface area contributed by atoms with E-state index in [0.29, 0.717) is 0 Å². The summed E-state index contributed by atoms with van der Waals surface area (Å²) in [5.74, 6) is 1.44. The van der Waals surface area contributed by atoms with Crippen LogP contribution in [0.2, 0.25) is 0 Å². The molecule has 1 aromatic carbocycles. The molecule has 0 amide bonds. The molecular weight excluding hydrogens is 445 g/mol. The zero-order chi connectivity index (χ0) is 21.9. The van der Waals surface area contributed by atoms with E-state index in [0.717, 1.165) is 98.8 Å². The fourth-order valence-corrected chi connectivity index (χ4v) is 4.62. The summed E-state index contributed by atoms with van der Waals surface area (Å²) in [5.41, 5.74) is 1.68. The van der Waals surface area contributed by atoms with Crippen LogP contribution in [-0.2, 0) is 13.0 Å². The maximum absolute atomic E-state index is 13.8. The number of rotatable bonds is 6. The van der Waals surface area contributed by atoms with Crippen LogP contribution < -0.4 is 21.2 Å². The van der Waals surface area contributed by atoms with E-state index < -0.39 is 0 Å². The number of nitrogens with zero attached hydrogens (tertiary/aromatic N) is 3. The first-order chi connectivity index (χ1) is 15.7. The lowest BCUT2D eigenvalue weighted by molar-refractivity contribution is 0.257. The summed E-state index contributed by atoms with van der Waals surface area (Å²) in [4.78, 5) is 21.1. The van der Waals surface area contributed by atoms with Gasteiger partial charge in [0, 0.05) is 81.1 Å². The number of nitrogens with one attached hydrogen (secondary N) is 2. The normalized spacial score (nSPS) is 16.3. The molecule has 33 heavy (non-hydrogen) atoms. The molecule has 2 N–H and O–H groups in total. The Morgan fingerprint density at radius 2 is 2.00 bits per heavy atom. The first-order valence-corrected chi connectivity index (χ1v) is 11.3. The van der Waals surface area contributed by atoms with Crippen LogP contribution in [0.25, 0.3) is 10.8 Å². The Morgan fingerprint density at radius 3 is 2.85 bits per heavy atom. The lowest BCUT2D eigenvalue weighted by Crippen LogP contribution is -2.47. The first kappa shape index (κ1) is 23.5. The van der Waals surface area contributed by atoms with Crippen LogP contribution in [0.3, 0.4) is 0 Å². The van der Waals surface area contributed by atoms with Crippen LogP contribution in [0.1, 0.15) is 17.7 Å². The quantitative estimate of drug-likeness (QED) is 0.533. The average molecular weight is 474 g/mol. The van der Waals surface area contributed by atoms with Gasteiger partial charge in [0.2, 0.25) is 0 Å². The van der Waals surface area contributed by atoms with Crippen molar-refractivity contribution in [2.24, 2.45) is 0 Å². The molecule has 0 bridgehead atoms. The maximum Gasteiger partial charge on any atom is 0.337 e. The highest BCUT2D eigenvalue weighted by atomic mass is 35.5. The number of pyridine rings is 1. The SMILES string of the molecule is Cl.O=c1cc(NCCCN2CCN(c3nccc4ccc(F)cc34)CC2)c2c(o1)CCNC2. The molecule has 176 valence electrons. The van der Waals surface area contributed by atoms with E-state index in [1.807, 2.05) is 12.1 Å². The van der Waals surface area contributed by atoms with E-state index in [1.54, 1.807) is 18.3 Å².